The van der Waals surface area contributed by atoms with Crippen LogP contribution >= 0.6 is 24.0 Å². The number of ether oxygens (including phenoxy) is 2. The van der Waals surface area contributed by atoms with Crippen LogP contribution in [0.1, 0.15) is 57.6 Å². The summed E-state index contributed by atoms with van der Waals surface area (Å²) in [5.74, 6) is 2.28. The van der Waals surface area contributed by atoms with Crippen LogP contribution in [0.3, 0.4) is 0 Å². The third-order valence-corrected chi connectivity index (χ3v) is 4.92. The van der Waals surface area contributed by atoms with Crippen LogP contribution in [0.2, 0.25) is 0 Å². The lowest BCUT2D eigenvalue weighted by Crippen LogP contribution is -2.41. The lowest BCUT2D eigenvalue weighted by Gasteiger charge is -2.31. The van der Waals surface area contributed by atoms with Crippen LogP contribution < -0.4 is 20.1 Å². The van der Waals surface area contributed by atoms with Gasteiger partial charge in [0.15, 0.2) is 5.96 Å². The molecular weight excluding hydrogens is 457 g/mol. The zero-order valence-electron chi connectivity index (χ0n) is 16.9. The first kappa shape index (κ1) is 23.8. The molecule has 6 nitrogen and oxygen atoms in total. The van der Waals surface area contributed by atoms with Gasteiger partial charge in [-0.15, -0.1) is 24.0 Å². The Balaban J connectivity index is 0.00000364. The summed E-state index contributed by atoms with van der Waals surface area (Å²) in [5, 5.41) is 17.4. The van der Waals surface area contributed by atoms with Gasteiger partial charge in [0.05, 0.1) is 32.4 Å². The molecule has 0 bridgehead atoms. The van der Waals surface area contributed by atoms with E-state index < -0.39 is 5.60 Å². The van der Waals surface area contributed by atoms with E-state index in [0.717, 1.165) is 49.3 Å². The van der Waals surface area contributed by atoms with Crippen LogP contribution in [0.5, 0.6) is 11.5 Å². The SMILES string of the molecule is CCNC(=NCC1(O)CCCCC1)NC(C)c1cc(OC)ccc1OC.I. The van der Waals surface area contributed by atoms with E-state index >= 15 is 0 Å². The van der Waals surface area contributed by atoms with E-state index in [4.69, 9.17) is 9.47 Å². The smallest absolute Gasteiger partial charge is 0.191 e. The van der Waals surface area contributed by atoms with E-state index in [0.29, 0.717) is 12.5 Å². The number of guanidine groups is 1. The molecule has 1 aliphatic rings. The number of benzene rings is 1. The highest BCUT2D eigenvalue weighted by Crippen LogP contribution is 2.30. The molecule has 1 aromatic rings. The number of nitrogens with zero attached hydrogens (tertiary/aromatic N) is 1. The van der Waals surface area contributed by atoms with Gasteiger partial charge >= 0.3 is 0 Å². The van der Waals surface area contributed by atoms with Crippen LogP contribution in [0.15, 0.2) is 23.2 Å². The van der Waals surface area contributed by atoms with Crippen molar-refractivity contribution in [1.82, 2.24) is 10.6 Å². The Morgan fingerprint density at radius 2 is 1.93 bits per heavy atom. The highest BCUT2D eigenvalue weighted by molar-refractivity contribution is 14.0. The fraction of sp³-hybridized carbons (Fsp3) is 0.650. The number of methoxy groups -OCH3 is 2. The maximum absolute atomic E-state index is 10.7. The molecule has 3 N–H and O–H groups in total. The Hall–Kier alpha value is -1.22. The van der Waals surface area contributed by atoms with Crippen molar-refractivity contribution in [2.75, 3.05) is 27.3 Å². The second-order valence-electron chi connectivity index (χ2n) is 6.95. The maximum atomic E-state index is 10.7. The van der Waals surface area contributed by atoms with Crippen LogP contribution in [0, 0.1) is 0 Å². The Bertz CT molecular complexity index is 604. The summed E-state index contributed by atoms with van der Waals surface area (Å²) in [6.07, 6.45) is 5.02. The number of halogens is 1. The largest absolute Gasteiger partial charge is 0.497 e. The predicted octanol–water partition coefficient (Wildman–Crippen LogP) is 3.63. The predicted molar refractivity (Wildman–Crippen MR) is 121 cm³/mol. The van der Waals surface area contributed by atoms with Gasteiger partial charge in [0.2, 0.25) is 0 Å². The summed E-state index contributed by atoms with van der Waals surface area (Å²) in [6, 6.07) is 5.72. The number of hydrogen-bond donors (Lipinski definition) is 3. The van der Waals surface area contributed by atoms with Gasteiger partial charge in [-0.1, -0.05) is 19.3 Å². The topological polar surface area (TPSA) is 75.1 Å². The molecule has 0 spiro atoms. The standard InChI is InChI=1S/C20H33N3O3.HI/c1-5-21-19(22-14-20(24)11-7-6-8-12-20)23-15(2)17-13-16(25-3)9-10-18(17)26-4;/h9-10,13,15,24H,5-8,11-12,14H2,1-4H3,(H2,21,22,23);1H. The molecule has 2 rings (SSSR count). The van der Waals surface area contributed by atoms with Gasteiger partial charge in [0.1, 0.15) is 11.5 Å². The molecule has 0 aliphatic heterocycles. The van der Waals surface area contributed by atoms with E-state index in [1.807, 2.05) is 25.1 Å². The second kappa shape index (κ2) is 11.6. The lowest BCUT2D eigenvalue weighted by atomic mass is 9.85. The van der Waals surface area contributed by atoms with Crippen molar-refractivity contribution in [1.29, 1.82) is 0 Å². The summed E-state index contributed by atoms with van der Waals surface area (Å²) in [4.78, 5) is 4.64. The normalized spacial score (nSPS) is 17.4. The third-order valence-electron chi connectivity index (χ3n) is 4.92. The average molecular weight is 491 g/mol. The van der Waals surface area contributed by atoms with Gasteiger partial charge in [-0.3, -0.25) is 4.99 Å². The van der Waals surface area contributed by atoms with Crippen LogP contribution in [-0.2, 0) is 0 Å². The summed E-state index contributed by atoms with van der Waals surface area (Å²) in [7, 11) is 3.32. The quantitative estimate of drug-likeness (QED) is 0.309. The van der Waals surface area contributed by atoms with Crippen molar-refractivity contribution in [3.05, 3.63) is 23.8 Å². The van der Waals surface area contributed by atoms with Crippen molar-refractivity contribution in [2.24, 2.45) is 4.99 Å². The van der Waals surface area contributed by atoms with Crippen LogP contribution in [-0.4, -0.2) is 44.0 Å². The number of aliphatic imine (C=N–C) groups is 1. The highest BCUT2D eigenvalue weighted by atomic mass is 127. The molecule has 0 heterocycles. The zero-order chi connectivity index (χ0) is 19.0. The fourth-order valence-electron chi connectivity index (χ4n) is 3.37. The Labute approximate surface area is 180 Å². The van der Waals surface area contributed by atoms with E-state index in [2.05, 4.69) is 22.5 Å². The summed E-state index contributed by atoms with van der Waals surface area (Å²) < 4.78 is 10.8. The second-order valence-corrected chi connectivity index (χ2v) is 6.95. The van der Waals surface area contributed by atoms with Gasteiger partial charge in [-0.05, 0) is 44.9 Å². The number of nitrogens with one attached hydrogen (secondary N) is 2. The van der Waals surface area contributed by atoms with Gasteiger partial charge in [-0.2, -0.15) is 0 Å². The Morgan fingerprint density at radius 1 is 1.22 bits per heavy atom. The number of rotatable bonds is 7. The summed E-state index contributed by atoms with van der Waals surface area (Å²) in [5.41, 5.74) is 0.325. The van der Waals surface area contributed by atoms with Crippen molar-refractivity contribution >= 4 is 29.9 Å². The molecule has 7 heteroatoms. The first-order valence-electron chi connectivity index (χ1n) is 9.50. The minimum atomic E-state index is -0.669. The molecule has 0 aromatic heterocycles. The molecule has 0 amide bonds. The molecule has 0 radical (unpaired) electrons. The molecule has 1 unspecified atom stereocenters. The van der Waals surface area contributed by atoms with Crippen molar-refractivity contribution in [3.8, 4) is 11.5 Å². The first-order chi connectivity index (χ1) is 12.5. The minimum Gasteiger partial charge on any atom is -0.497 e. The maximum Gasteiger partial charge on any atom is 0.191 e. The van der Waals surface area contributed by atoms with Crippen molar-refractivity contribution in [3.63, 3.8) is 0 Å². The molecule has 1 fully saturated rings. The molecular formula is C20H34IN3O3. The Morgan fingerprint density at radius 3 is 2.52 bits per heavy atom. The first-order valence-corrected chi connectivity index (χ1v) is 9.50. The molecule has 27 heavy (non-hydrogen) atoms. The number of aliphatic hydroxyl groups is 1. The van der Waals surface area contributed by atoms with E-state index in [9.17, 15) is 5.11 Å². The monoisotopic (exact) mass is 491 g/mol. The Kier molecular flexibility index (Phi) is 10.2. The fourth-order valence-corrected chi connectivity index (χ4v) is 3.37. The van der Waals surface area contributed by atoms with E-state index in [-0.39, 0.29) is 30.0 Å². The molecule has 1 aliphatic carbocycles. The van der Waals surface area contributed by atoms with E-state index in [1.165, 1.54) is 6.42 Å². The molecule has 1 aromatic carbocycles. The molecule has 0 saturated heterocycles. The third kappa shape index (κ3) is 7.03. The van der Waals surface area contributed by atoms with Crippen molar-refractivity contribution in [2.45, 2.75) is 57.6 Å². The lowest BCUT2D eigenvalue weighted by molar-refractivity contribution is 0.0131. The van der Waals surface area contributed by atoms with Gasteiger partial charge in [0, 0.05) is 12.1 Å². The minimum absolute atomic E-state index is 0. The van der Waals surface area contributed by atoms with Crippen molar-refractivity contribution < 1.29 is 14.6 Å². The molecule has 1 saturated carbocycles. The van der Waals surface area contributed by atoms with Gasteiger partial charge < -0.3 is 25.2 Å². The summed E-state index contributed by atoms with van der Waals surface area (Å²) in [6.45, 7) is 5.26. The number of hydrogen-bond acceptors (Lipinski definition) is 4. The average Bonchev–Trinajstić information content (AvgIpc) is 2.66. The van der Waals surface area contributed by atoms with Crippen LogP contribution in [0.4, 0.5) is 0 Å². The van der Waals surface area contributed by atoms with Crippen LogP contribution in [0.25, 0.3) is 0 Å². The van der Waals surface area contributed by atoms with E-state index in [1.54, 1.807) is 14.2 Å². The molecule has 1 atom stereocenters. The zero-order valence-corrected chi connectivity index (χ0v) is 19.2. The highest BCUT2D eigenvalue weighted by Gasteiger charge is 2.29. The summed E-state index contributed by atoms with van der Waals surface area (Å²) >= 11 is 0. The van der Waals surface area contributed by atoms with Gasteiger partial charge in [0.25, 0.3) is 0 Å². The van der Waals surface area contributed by atoms with Gasteiger partial charge in [-0.25, -0.2) is 0 Å². The molecule has 154 valence electrons.